The van der Waals surface area contributed by atoms with Crippen LogP contribution in [0.1, 0.15) is 38.8 Å². The lowest BCUT2D eigenvalue weighted by atomic mass is 9.87. The highest BCUT2D eigenvalue weighted by Crippen LogP contribution is 2.41. The highest BCUT2D eigenvalue weighted by atomic mass is 32.2. The Morgan fingerprint density at radius 3 is 2.49 bits per heavy atom. The number of morpholine rings is 1. The fraction of sp³-hybridized carbons (Fsp3) is 0.533. The number of fused-ring (bicyclic) bond motifs is 1. The lowest BCUT2D eigenvalue weighted by Gasteiger charge is -2.33. The molecule has 1 unspecified atom stereocenters. The van der Waals surface area contributed by atoms with E-state index in [2.05, 4.69) is 24.1 Å². The minimum Gasteiger partial charge on any atom is -0.435 e. The van der Waals surface area contributed by atoms with Crippen LogP contribution in [0.2, 0.25) is 0 Å². The topological polar surface area (TPSA) is 105 Å². The van der Waals surface area contributed by atoms with Crippen LogP contribution in [0.5, 0.6) is 0 Å². The zero-order valence-corrected chi connectivity index (χ0v) is 25.0. The number of nitrogens with zero attached hydrogens (tertiary/aromatic N) is 2. The van der Waals surface area contributed by atoms with E-state index in [-0.39, 0.29) is 23.5 Å². The van der Waals surface area contributed by atoms with Gasteiger partial charge in [0, 0.05) is 43.8 Å². The Kier molecular flexibility index (Phi) is 9.28. The number of alkyl carbamates (subject to hydrolysis) is 1. The number of amides is 2. The van der Waals surface area contributed by atoms with Gasteiger partial charge in [0.2, 0.25) is 0 Å². The zero-order chi connectivity index (χ0) is 29.8. The van der Waals surface area contributed by atoms with Crippen LogP contribution in [-0.4, -0.2) is 83.1 Å². The lowest BCUT2D eigenvalue weighted by molar-refractivity contribution is -0.143. The first kappa shape index (κ1) is 30.8. The van der Waals surface area contributed by atoms with Crippen LogP contribution in [0.15, 0.2) is 48.5 Å². The number of halogens is 1. The average Bonchev–Trinajstić information content (AvgIpc) is 3.15. The highest BCUT2D eigenvalue weighted by Gasteiger charge is 2.38. The summed E-state index contributed by atoms with van der Waals surface area (Å²) in [5, 5.41) is 2.74. The highest BCUT2D eigenvalue weighted by molar-refractivity contribution is 7.90. The largest absolute Gasteiger partial charge is 0.435 e. The van der Waals surface area contributed by atoms with Gasteiger partial charge in [-0.3, -0.25) is 4.79 Å². The Labute approximate surface area is 241 Å². The molecule has 2 aromatic rings. The van der Waals surface area contributed by atoms with Crippen molar-refractivity contribution in [1.82, 2.24) is 10.2 Å². The standard InChI is InChI=1S/C30H40FN3O6S/c1-29(2,20-34-21-30(3,4)24-16-23(31)10-11-25(24)34)19-32-28(36)40-26(27(35)33-12-14-39-15-13-33)18-41(37,38)17-22-8-6-5-7-9-22/h5-11,16,26H,12-15,17-21H2,1-4H3,(H,32,36). The van der Waals surface area contributed by atoms with Gasteiger partial charge in [0.25, 0.3) is 5.91 Å². The molecule has 11 heteroatoms. The summed E-state index contributed by atoms with van der Waals surface area (Å²) < 4.78 is 50.8. The minimum absolute atomic E-state index is 0.217. The second kappa shape index (κ2) is 12.4. The zero-order valence-electron chi connectivity index (χ0n) is 24.2. The first-order valence-electron chi connectivity index (χ1n) is 13.9. The summed E-state index contributed by atoms with van der Waals surface area (Å²) in [6, 6.07) is 13.5. The maximum Gasteiger partial charge on any atom is 0.407 e. The van der Waals surface area contributed by atoms with E-state index in [1.165, 1.54) is 11.0 Å². The molecule has 4 rings (SSSR count). The number of anilines is 1. The van der Waals surface area contributed by atoms with Gasteiger partial charge in [-0.1, -0.05) is 58.0 Å². The quantitative estimate of drug-likeness (QED) is 0.452. The number of carbonyl (C=O) groups excluding carboxylic acids is 2. The second-order valence-electron chi connectivity index (χ2n) is 12.3. The van der Waals surface area contributed by atoms with Crippen molar-refractivity contribution >= 4 is 27.5 Å². The minimum atomic E-state index is -3.78. The number of nitrogens with one attached hydrogen (secondary N) is 1. The number of rotatable bonds is 10. The predicted molar refractivity (Wildman–Crippen MR) is 155 cm³/mol. The summed E-state index contributed by atoms with van der Waals surface area (Å²) in [5.41, 5.74) is 1.85. The van der Waals surface area contributed by atoms with E-state index in [1.54, 1.807) is 42.5 Å². The van der Waals surface area contributed by atoms with E-state index in [0.29, 0.717) is 45.0 Å². The lowest BCUT2D eigenvalue weighted by Crippen LogP contribution is -2.50. The summed E-state index contributed by atoms with van der Waals surface area (Å²) in [4.78, 5) is 29.8. The molecule has 2 aliphatic rings. The van der Waals surface area contributed by atoms with Crippen molar-refractivity contribution in [3.63, 3.8) is 0 Å². The molecule has 2 amide bonds. The number of ether oxygens (including phenoxy) is 2. The van der Waals surface area contributed by atoms with Crippen LogP contribution in [0.3, 0.4) is 0 Å². The van der Waals surface area contributed by atoms with Crippen LogP contribution in [0, 0.1) is 11.2 Å². The molecule has 1 atom stereocenters. The SMILES string of the molecule is CC(C)(CNC(=O)OC(CS(=O)(=O)Cc1ccccc1)C(=O)N1CCOCC1)CN1CC(C)(C)c2cc(F)ccc21. The average molecular weight is 590 g/mol. The van der Waals surface area contributed by atoms with Gasteiger partial charge in [0.15, 0.2) is 15.9 Å². The fourth-order valence-electron chi connectivity index (χ4n) is 5.43. The van der Waals surface area contributed by atoms with E-state index < -0.39 is 39.1 Å². The molecule has 0 aromatic heterocycles. The normalized spacial score (nSPS) is 17.6. The summed E-state index contributed by atoms with van der Waals surface area (Å²) in [5.74, 6) is -1.71. The number of carbonyl (C=O) groups is 2. The number of hydrogen-bond donors (Lipinski definition) is 1. The van der Waals surface area contributed by atoms with Crippen LogP contribution >= 0.6 is 0 Å². The van der Waals surface area contributed by atoms with Crippen LogP contribution in [0.25, 0.3) is 0 Å². The Balaban J connectivity index is 1.40. The maximum absolute atomic E-state index is 13.9. The van der Waals surface area contributed by atoms with Crippen molar-refractivity contribution in [2.75, 3.05) is 56.6 Å². The van der Waals surface area contributed by atoms with Gasteiger partial charge in [0.05, 0.1) is 24.7 Å². The first-order chi connectivity index (χ1) is 19.2. The van der Waals surface area contributed by atoms with Crippen molar-refractivity contribution in [3.05, 3.63) is 65.5 Å². The van der Waals surface area contributed by atoms with Crippen LogP contribution in [0.4, 0.5) is 14.9 Å². The van der Waals surface area contributed by atoms with E-state index >= 15 is 0 Å². The van der Waals surface area contributed by atoms with Crippen molar-refractivity contribution in [2.45, 2.75) is 45.0 Å². The van der Waals surface area contributed by atoms with Gasteiger partial charge in [-0.25, -0.2) is 17.6 Å². The Morgan fingerprint density at radius 1 is 1.12 bits per heavy atom. The van der Waals surface area contributed by atoms with Crippen molar-refractivity contribution < 1.29 is 31.9 Å². The van der Waals surface area contributed by atoms with Gasteiger partial charge in [-0.15, -0.1) is 0 Å². The molecule has 224 valence electrons. The maximum atomic E-state index is 13.9. The van der Waals surface area contributed by atoms with Gasteiger partial charge >= 0.3 is 6.09 Å². The van der Waals surface area contributed by atoms with Crippen LogP contribution in [-0.2, 0) is 35.3 Å². The van der Waals surface area contributed by atoms with E-state index in [4.69, 9.17) is 9.47 Å². The summed E-state index contributed by atoms with van der Waals surface area (Å²) in [6.45, 7) is 10.9. The van der Waals surface area contributed by atoms with Gasteiger partial charge in [-0.05, 0) is 34.7 Å². The monoisotopic (exact) mass is 589 g/mol. The number of hydrogen-bond acceptors (Lipinski definition) is 7. The first-order valence-corrected chi connectivity index (χ1v) is 15.7. The molecule has 0 bridgehead atoms. The molecule has 2 aromatic carbocycles. The molecule has 1 saturated heterocycles. The molecule has 0 spiro atoms. The third-order valence-corrected chi connectivity index (χ3v) is 9.01. The van der Waals surface area contributed by atoms with E-state index in [9.17, 15) is 22.4 Å². The molecule has 2 aliphatic heterocycles. The van der Waals surface area contributed by atoms with Gasteiger partial charge in [0.1, 0.15) is 5.82 Å². The van der Waals surface area contributed by atoms with Crippen molar-refractivity contribution in [3.8, 4) is 0 Å². The molecule has 41 heavy (non-hydrogen) atoms. The van der Waals surface area contributed by atoms with Crippen molar-refractivity contribution in [1.29, 1.82) is 0 Å². The molecule has 1 N–H and O–H groups in total. The second-order valence-corrected chi connectivity index (χ2v) is 14.4. The molecule has 0 saturated carbocycles. The van der Waals surface area contributed by atoms with Gasteiger partial charge < -0.3 is 24.6 Å². The van der Waals surface area contributed by atoms with Crippen LogP contribution < -0.4 is 10.2 Å². The Bertz CT molecular complexity index is 1340. The number of sulfone groups is 1. The molecule has 2 heterocycles. The molecular formula is C30H40FN3O6S. The molecule has 0 aliphatic carbocycles. The molecule has 0 radical (unpaired) electrons. The molecule has 9 nitrogen and oxygen atoms in total. The van der Waals surface area contributed by atoms with E-state index in [1.807, 2.05) is 13.8 Å². The summed E-state index contributed by atoms with van der Waals surface area (Å²) >= 11 is 0. The molecular weight excluding hydrogens is 549 g/mol. The Hall–Kier alpha value is -3.18. The third-order valence-electron chi connectivity index (χ3n) is 7.43. The fourth-order valence-corrected chi connectivity index (χ4v) is 6.92. The third kappa shape index (κ3) is 8.19. The predicted octanol–water partition coefficient (Wildman–Crippen LogP) is 3.52. The summed E-state index contributed by atoms with van der Waals surface area (Å²) in [7, 11) is -3.78. The molecule has 1 fully saturated rings. The van der Waals surface area contributed by atoms with Gasteiger partial charge in [-0.2, -0.15) is 0 Å². The number of benzene rings is 2. The Morgan fingerprint density at radius 2 is 1.80 bits per heavy atom. The summed E-state index contributed by atoms with van der Waals surface area (Å²) in [6.07, 6.45) is -2.34. The smallest absolute Gasteiger partial charge is 0.407 e. The van der Waals surface area contributed by atoms with E-state index in [0.717, 1.165) is 11.3 Å². The van der Waals surface area contributed by atoms with Crippen molar-refractivity contribution in [2.24, 2.45) is 5.41 Å².